The summed E-state index contributed by atoms with van der Waals surface area (Å²) in [5.74, 6) is 0.0927. The van der Waals surface area contributed by atoms with Gasteiger partial charge in [-0.2, -0.15) is 0 Å². The molecule has 0 aliphatic rings. The van der Waals surface area contributed by atoms with E-state index in [9.17, 15) is 17.9 Å². The molecule has 0 unspecified atom stereocenters. The lowest BCUT2D eigenvalue weighted by Gasteiger charge is -2.13. The summed E-state index contributed by atoms with van der Waals surface area (Å²) in [6.07, 6.45) is 0.403. The Hall–Kier alpha value is -0.590. The fraction of sp³-hybridized carbons (Fsp3) is 0.500. The van der Waals surface area contributed by atoms with Crippen molar-refractivity contribution in [2.75, 3.05) is 17.8 Å². The van der Waals surface area contributed by atoms with E-state index >= 15 is 0 Å². The summed E-state index contributed by atoms with van der Waals surface area (Å²) in [5, 5.41) is 9.58. The van der Waals surface area contributed by atoms with Crippen LogP contribution >= 0.6 is 11.8 Å². The van der Waals surface area contributed by atoms with Gasteiger partial charge in [0.05, 0.1) is 11.9 Å². The summed E-state index contributed by atoms with van der Waals surface area (Å²) in [6.45, 7) is 3.20. The van der Waals surface area contributed by atoms with Crippen molar-refractivity contribution in [3.63, 3.8) is 0 Å². The quantitative estimate of drug-likeness (QED) is 0.846. The standard InChI is InChI=1S/C12H17FO3S2/c1-8-6-12(17-4-5-18(3,15)16)10(9(2)14)7-11(8)13/h6-7,9,14H,4-5H2,1-3H3/t9-/m0/s1. The molecular weight excluding hydrogens is 275 g/mol. The van der Waals surface area contributed by atoms with Gasteiger partial charge in [0.15, 0.2) is 0 Å². The molecule has 1 rings (SSSR count). The number of aryl methyl sites for hydroxylation is 1. The molecule has 0 amide bonds. The number of benzene rings is 1. The van der Waals surface area contributed by atoms with Gasteiger partial charge in [0.1, 0.15) is 15.7 Å². The van der Waals surface area contributed by atoms with E-state index in [1.165, 1.54) is 24.1 Å². The maximum absolute atomic E-state index is 13.4. The van der Waals surface area contributed by atoms with E-state index in [1.54, 1.807) is 19.9 Å². The first-order valence-electron chi connectivity index (χ1n) is 5.49. The molecule has 0 heterocycles. The highest BCUT2D eigenvalue weighted by atomic mass is 32.2. The summed E-state index contributed by atoms with van der Waals surface area (Å²) in [7, 11) is -3.00. The average molecular weight is 292 g/mol. The lowest BCUT2D eigenvalue weighted by atomic mass is 10.1. The van der Waals surface area contributed by atoms with Gasteiger partial charge in [-0.3, -0.25) is 0 Å². The van der Waals surface area contributed by atoms with E-state index in [0.717, 1.165) is 4.90 Å². The second-order valence-electron chi connectivity index (χ2n) is 4.29. The van der Waals surface area contributed by atoms with Crippen LogP contribution in [0.1, 0.15) is 24.2 Å². The van der Waals surface area contributed by atoms with Crippen LogP contribution in [-0.4, -0.2) is 31.3 Å². The number of aliphatic hydroxyl groups is 1. The summed E-state index contributed by atoms with van der Waals surface area (Å²) in [6, 6.07) is 2.95. The topological polar surface area (TPSA) is 54.4 Å². The zero-order chi connectivity index (χ0) is 13.9. The van der Waals surface area contributed by atoms with Crippen LogP contribution in [0.2, 0.25) is 0 Å². The Morgan fingerprint density at radius 1 is 1.44 bits per heavy atom. The Labute approximate surface area is 111 Å². The normalized spacial score (nSPS) is 13.6. The number of hydrogen-bond donors (Lipinski definition) is 1. The number of rotatable bonds is 5. The molecular formula is C12H17FO3S2. The minimum atomic E-state index is -3.00. The van der Waals surface area contributed by atoms with Crippen LogP contribution < -0.4 is 0 Å². The molecule has 1 N–H and O–H groups in total. The van der Waals surface area contributed by atoms with Gasteiger partial charge in [0, 0.05) is 16.9 Å². The smallest absolute Gasteiger partial charge is 0.148 e. The van der Waals surface area contributed by atoms with Crippen LogP contribution in [0, 0.1) is 12.7 Å². The average Bonchev–Trinajstić information content (AvgIpc) is 2.20. The first-order valence-corrected chi connectivity index (χ1v) is 8.54. The maximum atomic E-state index is 13.4. The Morgan fingerprint density at radius 2 is 2.06 bits per heavy atom. The largest absolute Gasteiger partial charge is 0.389 e. The van der Waals surface area contributed by atoms with Crippen molar-refractivity contribution in [1.82, 2.24) is 0 Å². The van der Waals surface area contributed by atoms with E-state index in [2.05, 4.69) is 0 Å². The van der Waals surface area contributed by atoms with Crippen molar-refractivity contribution >= 4 is 21.6 Å². The highest BCUT2D eigenvalue weighted by Gasteiger charge is 2.13. The van der Waals surface area contributed by atoms with Gasteiger partial charge in [-0.1, -0.05) is 0 Å². The molecule has 0 radical (unpaired) electrons. The molecule has 18 heavy (non-hydrogen) atoms. The number of halogens is 1. The second-order valence-corrected chi connectivity index (χ2v) is 7.69. The Bertz CT molecular complexity index is 524. The zero-order valence-corrected chi connectivity index (χ0v) is 12.2. The lowest BCUT2D eigenvalue weighted by Crippen LogP contribution is -2.06. The van der Waals surface area contributed by atoms with E-state index in [-0.39, 0.29) is 11.6 Å². The number of aliphatic hydroxyl groups excluding tert-OH is 1. The van der Waals surface area contributed by atoms with Crippen molar-refractivity contribution < 1.29 is 17.9 Å². The van der Waals surface area contributed by atoms with Gasteiger partial charge < -0.3 is 5.11 Å². The van der Waals surface area contributed by atoms with Crippen LogP contribution in [0.4, 0.5) is 4.39 Å². The van der Waals surface area contributed by atoms with Gasteiger partial charge in [-0.05, 0) is 37.1 Å². The fourth-order valence-corrected chi connectivity index (χ4v) is 3.85. The highest BCUT2D eigenvalue weighted by molar-refractivity contribution is 8.00. The monoisotopic (exact) mass is 292 g/mol. The van der Waals surface area contributed by atoms with Crippen LogP contribution in [0.15, 0.2) is 17.0 Å². The molecule has 102 valence electrons. The summed E-state index contributed by atoms with van der Waals surface area (Å²) in [5.41, 5.74) is 0.984. The summed E-state index contributed by atoms with van der Waals surface area (Å²) >= 11 is 1.32. The third kappa shape index (κ3) is 4.59. The van der Waals surface area contributed by atoms with Gasteiger partial charge in [0.25, 0.3) is 0 Å². The minimum Gasteiger partial charge on any atom is -0.389 e. The fourth-order valence-electron chi connectivity index (χ4n) is 1.42. The molecule has 0 aliphatic heterocycles. The molecule has 1 aromatic rings. The van der Waals surface area contributed by atoms with Crippen molar-refractivity contribution in [2.45, 2.75) is 24.8 Å². The molecule has 1 aromatic carbocycles. The molecule has 0 aliphatic carbocycles. The third-order valence-corrected chi connectivity index (χ3v) is 4.73. The molecule has 0 spiro atoms. The van der Waals surface area contributed by atoms with Crippen LogP contribution in [0.25, 0.3) is 0 Å². The van der Waals surface area contributed by atoms with E-state index in [1.807, 2.05) is 0 Å². The van der Waals surface area contributed by atoms with Gasteiger partial charge in [-0.25, -0.2) is 12.8 Å². The molecule has 0 fully saturated rings. The van der Waals surface area contributed by atoms with Gasteiger partial charge >= 0.3 is 0 Å². The van der Waals surface area contributed by atoms with E-state index < -0.39 is 15.9 Å². The van der Waals surface area contributed by atoms with Crippen molar-refractivity contribution in [3.05, 3.63) is 29.1 Å². The molecule has 0 aromatic heterocycles. The zero-order valence-electron chi connectivity index (χ0n) is 10.6. The first kappa shape index (κ1) is 15.5. The predicted molar refractivity (Wildman–Crippen MR) is 72.2 cm³/mol. The molecule has 0 bridgehead atoms. The van der Waals surface area contributed by atoms with Crippen LogP contribution in [0.3, 0.4) is 0 Å². The second kappa shape index (κ2) is 6.04. The van der Waals surface area contributed by atoms with E-state index in [4.69, 9.17) is 0 Å². The SMILES string of the molecule is Cc1cc(SCCS(C)(=O)=O)c([C@H](C)O)cc1F. The lowest BCUT2D eigenvalue weighted by molar-refractivity contribution is 0.196. The molecule has 0 saturated heterocycles. The summed E-state index contributed by atoms with van der Waals surface area (Å²) < 4.78 is 35.5. The Kier molecular flexibility index (Phi) is 5.19. The molecule has 6 heteroatoms. The Morgan fingerprint density at radius 3 is 2.56 bits per heavy atom. The molecule has 0 saturated carbocycles. The van der Waals surface area contributed by atoms with Gasteiger partial charge in [-0.15, -0.1) is 11.8 Å². The molecule has 3 nitrogen and oxygen atoms in total. The maximum Gasteiger partial charge on any atom is 0.148 e. The Balaban J connectivity index is 2.90. The number of hydrogen-bond acceptors (Lipinski definition) is 4. The van der Waals surface area contributed by atoms with Gasteiger partial charge in [0.2, 0.25) is 0 Å². The van der Waals surface area contributed by atoms with Crippen molar-refractivity contribution in [3.8, 4) is 0 Å². The highest BCUT2D eigenvalue weighted by Crippen LogP contribution is 2.30. The predicted octanol–water partition coefficient (Wildman–Crippen LogP) is 2.32. The van der Waals surface area contributed by atoms with E-state index in [0.29, 0.717) is 16.9 Å². The molecule has 1 atom stereocenters. The summed E-state index contributed by atoms with van der Waals surface area (Å²) in [4.78, 5) is 0.729. The van der Waals surface area contributed by atoms with Crippen LogP contribution in [0.5, 0.6) is 0 Å². The minimum absolute atomic E-state index is 0.0628. The van der Waals surface area contributed by atoms with Crippen molar-refractivity contribution in [1.29, 1.82) is 0 Å². The number of sulfone groups is 1. The number of thioether (sulfide) groups is 1. The first-order chi connectivity index (χ1) is 8.20. The third-order valence-electron chi connectivity index (χ3n) is 2.45. The van der Waals surface area contributed by atoms with Crippen molar-refractivity contribution in [2.24, 2.45) is 0 Å². The van der Waals surface area contributed by atoms with Crippen LogP contribution in [-0.2, 0) is 9.84 Å².